The summed E-state index contributed by atoms with van der Waals surface area (Å²) in [5.41, 5.74) is 0.989. The number of β-amino-alcohol motifs (C(OH)–C–C–N with tert-alkyl or cyclic N) is 1. The molecule has 0 aliphatic carbocycles. The van der Waals surface area contributed by atoms with Gasteiger partial charge in [0.05, 0.1) is 6.10 Å². The molecule has 1 unspecified atom stereocenters. The molecule has 1 N–H and O–H groups in total. The minimum absolute atomic E-state index is 0.247. The molecule has 2 heterocycles. The van der Waals surface area contributed by atoms with E-state index in [2.05, 4.69) is 9.97 Å². The van der Waals surface area contributed by atoms with Gasteiger partial charge in [-0.2, -0.15) is 0 Å². The molecule has 1 fully saturated rings. The number of hydrogen-bond donors (Lipinski definition) is 1. The zero-order valence-electron chi connectivity index (χ0n) is 7.94. The van der Waals surface area contributed by atoms with Crippen molar-refractivity contribution in [3.63, 3.8) is 0 Å². The lowest BCUT2D eigenvalue weighted by atomic mass is 10.3. The molecule has 1 atom stereocenters. The Kier molecular flexibility index (Phi) is 2.56. The van der Waals surface area contributed by atoms with E-state index in [0.717, 1.165) is 24.3 Å². The smallest absolute Gasteiger partial charge is 0.224 e. The van der Waals surface area contributed by atoms with Gasteiger partial charge in [0.1, 0.15) is 5.82 Å². The minimum atomic E-state index is -0.247. The third kappa shape index (κ3) is 1.81. The highest BCUT2D eigenvalue weighted by Crippen LogP contribution is 2.22. The first-order chi connectivity index (χ1) is 6.66. The molecule has 0 amide bonds. The van der Waals surface area contributed by atoms with E-state index in [-0.39, 0.29) is 11.4 Å². The summed E-state index contributed by atoms with van der Waals surface area (Å²) in [5.74, 6) is 0.835. The molecule has 4 nitrogen and oxygen atoms in total. The Balaban J connectivity index is 2.27. The molecule has 76 valence electrons. The molecule has 1 aromatic heterocycles. The standard InChI is InChI=1S/C9H12ClN3O/c1-6-4-11-9(10)12-8(6)13-3-2-7(14)5-13/h4,7,14H,2-3,5H2,1H3. The summed E-state index contributed by atoms with van der Waals surface area (Å²) < 4.78 is 0. The van der Waals surface area contributed by atoms with Gasteiger partial charge in [0.15, 0.2) is 0 Å². The second kappa shape index (κ2) is 3.71. The van der Waals surface area contributed by atoms with E-state index in [4.69, 9.17) is 11.6 Å². The van der Waals surface area contributed by atoms with Crippen molar-refractivity contribution in [1.82, 2.24) is 9.97 Å². The molecule has 1 aliphatic heterocycles. The Bertz CT molecular complexity index is 345. The van der Waals surface area contributed by atoms with E-state index in [1.54, 1.807) is 6.20 Å². The molecule has 2 rings (SSSR count). The molecule has 14 heavy (non-hydrogen) atoms. The largest absolute Gasteiger partial charge is 0.391 e. The van der Waals surface area contributed by atoms with Gasteiger partial charge in [0.2, 0.25) is 5.28 Å². The highest BCUT2D eigenvalue weighted by Gasteiger charge is 2.22. The van der Waals surface area contributed by atoms with Crippen LogP contribution in [-0.4, -0.2) is 34.3 Å². The fraction of sp³-hybridized carbons (Fsp3) is 0.556. The number of nitrogens with zero attached hydrogens (tertiary/aromatic N) is 3. The van der Waals surface area contributed by atoms with Crippen molar-refractivity contribution in [2.45, 2.75) is 19.4 Å². The van der Waals surface area contributed by atoms with E-state index in [0.29, 0.717) is 6.54 Å². The quantitative estimate of drug-likeness (QED) is 0.708. The molecule has 1 aliphatic rings. The van der Waals surface area contributed by atoms with Gasteiger partial charge in [0, 0.05) is 24.8 Å². The summed E-state index contributed by atoms with van der Waals surface area (Å²) in [5, 5.41) is 9.66. The van der Waals surface area contributed by atoms with Gasteiger partial charge in [-0.05, 0) is 24.9 Å². The van der Waals surface area contributed by atoms with Crippen molar-refractivity contribution in [3.05, 3.63) is 17.0 Å². The lowest BCUT2D eigenvalue weighted by Gasteiger charge is -2.18. The molecule has 0 bridgehead atoms. The summed E-state index contributed by atoms with van der Waals surface area (Å²) in [6, 6.07) is 0. The highest BCUT2D eigenvalue weighted by atomic mass is 35.5. The zero-order chi connectivity index (χ0) is 10.1. The van der Waals surface area contributed by atoms with E-state index in [9.17, 15) is 5.11 Å². The Morgan fingerprint density at radius 2 is 2.43 bits per heavy atom. The summed E-state index contributed by atoms with van der Waals surface area (Å²) in [6.45, 7) is 3.40. The van der Waals surface area contributed by atoms with Crippen LogP contribution >= 0.6 is 11.6 Å². The second-order valence-electron chi connectivity index (χ2n) is 3.53. The summed E-state index contributed by atoms with van der Waals surface area (Å²) >= 11 is 5.72. The van der Waals surface area contributed by atoms with Gasteiger partial charge in [0.25, 0.3) is 0 Å². The Labute approximate surface area is 87.5 Å². The third-order valence-electron chi connectivity index (χ3n) is 2.38. The van der Waals surface area contributed by atoms with Crippen LogP contribution in [0.2, 0.25) is 5.28 Å². The fourth-order valence-corrected chi connectivity index (χ4v) is 1.80. The first-order valence-electron chi connectivity index (χ1n) is 4.59. The van der Waals surface area contributed by atoms with Gasteiger partial charge in [-0.25, -0.2) is 9.97 Å². The number of aliphatic hydroxyl groups excluding tert-OH is 1. The van der Waals surface area contributed by atoms with Crippen LogP contribution in [0.15, 0.2) is 6.20 Å². The molecular formula is C9H12ClN3O. The van der Waals surface area contributed by atoms with Gasteiger partial charge in [-0.3, -0.25) is 0 Å². The first kappa shape index (κ1) is 9.68. The summed E-state index contributed by atoms with van der Waals surface area (Å²) in [4.78, 5) is 10.1. The van der Waals surface area contributed by atoms with Crippen molar-refractivity contribution in [1.29, 1.82) is 0 Å². The minimum Gasteiger partial charge on any atom is -0.391 e. The summed E-state index contributed by atoms with van der Waals surface area (Å²) in [7, 11) is 0. The zero-order valence-corrected chi connectivity index (χ0v) is 8.70. The molecular weight excluding hydrogens is 202 g/mol. The molecule has 0 aromatic carbocycles. The molecule has 1 aromatic rings. The van der Waals surface area contributed by atoms with E-state index in [1.165, 1.54) is 0 Å². The second-order valence-corrected chi connectivity index (χ2v) is 3.87. The van der Waals surface area contributed by atoms with Gasteiger partial charge in [-0.1, -0.05) is 0 Å². The number of aromatic nitrogens is 2. The van der Waals surface area contributed by atoms with Crippen LogP contribution in [0.3, 0.4) is 0 Å². The lowest BCUT2D eigenvalue weighted by molar-refractivity contribution is 0.198. The maximum atomic E-state index is 9.40. The van der Waals surface area contributed by atoms with Crippen LogP contribution in [0.1, 0.15) is 12.0 Å². The fourth-order valence-electron chi connectivity index (χ4n) is 1.67. The molecule has 5 heteroatoms. The average molecular weight is 214 g/mol. The van der Waals surface area contributed by atoms with Gasteiger partial charge in [-0.15, -0.1) is 0 Å². The van der Waals surface area contributed by atoms with E-state index in [1.807, 2.05) is 11.8 Å². The van der Waals surface area contributed by atoms with E-state index < -0.39 is 0 Å². The van der Waals surface area contributed by atoms with Crippen molar-refractivity contribution >= 4 is 17.4 Å². The monoisotopic (exact) mass is 213 g/mol. The Morgan fingerprint density at radius 3 is 3.07 bits per heavy atom. The molecule has 0 spiro atoms. The Morgan fingerprint density at radius 1 is 1.64 bits per heavy atom. The summed E-state index contributed by atoms with van der Waals surface area (Å²) in [6.07, 6.45) is 2.25. The van der Waals surface area contributed by atoms with Crippen LogP contribution < -0.4 is 4.90 Å². The van der Waals surface area contributed by atoms with Crippen molar-refractivity contribution in [2.75, 3.05) is 18.0 Å². The Hall–Kier alpha value is -0.870. The molecule has 0 saturated carbocycles. The van der Waals surface area contributed by atoms with Crippen LogP contribution in [0.5, 0.6) is 0 Å². The predicted molar refractivity (Wildman–Crippen MR) is 54.6 cm³/mol. The van der Waals surface area contributed by atoms with Crippen LogP contribution in [0.4, 0.5) is 5.82 Å². The number of rotatable bonds is 1. The lowest BCUT2D eigenvalue weighted by Crippen LogP contribution is -2.23. The third-order valence-corrected chi connectivity index (χ3v) is 2.56. The number of halogens is 1. The van der Waals surface area contributed by atoms with Crippen molar-refractivity contribution in [2.24, 2.45) is 0 Å². The van der Waals surface area contributed by atoms with E-state index >= 15 is 0 Å². The number of aliphatic hydroxyl groups is 1. The van der Waals surface area contributed by atoms with Crippen LogP contribution in [0, 0.1) is 6.92 Å². The predicted octanol–water partition coefficient (Wildman–Crippen LogP) is 1.01. The van der Waals surface area contributed by atoms with Gasteiger partial charge < -0.3 is 10.0 Å². The molecule has 0 radical (unpaired) electrons. The van der Waals surface area contributed by atoms with Crippen molar-refractivity contribution in [3.8, 4) is 0 Å². The molecule has 1 saturated heterocycles. The van der Waals surface area contributed by atoms with Crippen LogP contribution in [0.25, 0.3) is 0 Å². The maximum absolute atomic E-state index is 9.40. The SMILES string of the molecule is Cc1cnc(Cl)nc1N1CCC(O)C1. The maximum Gasteiger partial charge on any atom is 0.224 e. The normalized spacial score (nSPS) is 21.6. The first-order valence-corrected chi connectivity index (χ1v) is 4.97. The average Bonchev–Trinajstić information content (AvgIpc) is 2.56. The number of aryl methyl sites for hydroxylation is 1. The number of hydrogen-bond acceptors (Lipinski definition) is 4. The van der Waals surface area contributed by atoms with Crippen LogP contribution in [-0.2, 0) is 0 Å². The number of anilines is 1. The highest BCUT2D eigenvalue weighted by molar-refractivity contribution is 6.28. The van der Waals surface area contributed by atoms with Crippen molar-refractivity contribution < 1.29 is 5.11 Å². The van der Waals surface area contributed by atoms with Gasteiger partial charge >= 0.3 is 0 Å². The topological polar surface area (TPSA) is 49.2 Å².